The summed E-state index contributed by atoms with van der Waals surface area (Å²) >= 11 is 5.85. The molecule has 7 heteroatoms. The number of nitrogens with one attached hydrogen (secondary N) is 1. The standard InChI is InChI=1S/C12H8ClFN4O/c1-6-3-2-4-7(14)11(6)18-9(19)5-8-10(17-18)12(13)16-15-8/h2-5,15H,1H3. The second kappa shape index (κ2) is 4.17. The normalized spacial score (nSPS) is 11.1. The van der Waals surface area contributed by atoms with E-state index in [0.717, 1.165) is 4.68 Å². The highest BCUT2D eigenvalue weighted by atomic mass is 35.5. The number of nitrogens with zero attached hydrogens (tertiary/aromatic N) is 3. The summed E-state index contributed by atoms with van der Waals surface area (Å²) in [5, 5.41) is 10.5. The van der Waals surface area contributed by atoms with E-state index in [-0.39, 0.29) is 10.8 Å². The summed E-state index contributed by atoms with van der Waals surface area (Å²) in [5.41, 5.74) is 1.01. The Kier molecular flexibility index (Phi) is 2.60. The van der Waals surface area contributed by atoms with Crippen LogP contribution in [0, 0.1) is 12.7 Å². The summed E-state index contributed by atoms with van der Waals surface area (Å²) in [4.78, 5) is 12.0. The second-order valence-electron chi connectivity index (χ2n) is 4.08. The molecule has 96 valence electrons. The highest BCUT2D eigenvalue weighted by Crippen LogP contribution is 2.19. The van der Waals surface area contributed by atoms with Crippen molar-refractivity contribution in [3.8, 4) is 5.69 Å². The Bertz CT molecular complexity index is 819. The Morgan fingerprint density at radius 1 is 1.42 bits per heavy atom. The Hall–Kier alpha value is -2.21. The number of hydrogen-bond acceptors (Lipinski definition) is 3. The first-order chi connectivity index (χ1) is 9.08. The van der Waals surface area contributed by atoms with Gasteiger partial charge < -0.3 is 0 Å². The fourth-order valence-electron chi connectivity index (χ4n) is 1.91. The Labute approximate surface area is 111 Å². The predicted molar refractivity (Wildman–Crippen MR) is 69.2 cm³/mol. The molecule has 2 heterocycles. The van der Waals surface area contributed by atoms with Crippen LogP contribution in [0.15, 0.2) is 29.1 Å². The van der Waals surface area contributed by atoms with Gasteiger partial charge in [0, 0.05) is 6.07 Å². The van der Waals surface area contributed by atoms with E-state index in [9.17, 15) is 9.18 Å². The van der Waals surface area contributed by atoms with E-state index >= 15 is 0 Å². The number of aromatic nitrogens is 4. The van der Waals surface area contributed by atoms with Crippen LogP contribution >= 0.6 is 11.6 Å². The van der Waals surface area contributed by atoms with Crippen LogP contribution in [0.2, 0.25) is 5.15 Å². The van der Waals surface area contributed by atoms with Gasteiger partial charge in [-0.05, 0) is 18.6 Å². The van der Waals surface area contributed by atoms with Gasteiger partial charge in [-0.3, -0.25) is 9.89 Å². The van der Waals surface area contributed by atoms with Crippen molar-refractivity contribution in [3.63, 3.8) is 0 Å². The quantitative estimate of drug-likeness (QED) is 0.742. The van der Waals surface area contributed by atoms with E-state index < -0.39 is 11.4 Å². The van der Waals surface area contributed by atoms with Crippen molar-refractivity contribution < 1.29 is 4.39 Å². The van der Waals surface area contributed by atoms with Gasteiger partial charge in [0.1, 0.15) is 17.0 Å². The molecule has 0 unspecified atom stereocenters. The molecule has 3 rings (SSSR count). The molecule has 19 heavy (non-hydrogen) atoms. The van der Waals surface area contributed by atoms with E-state index in [2.05, 4.69) is 15.3 Å². The van der Waals surface area contributed by atoms with E-state index in [1.54, 1.807) is 19.1 Å². The minimum atomic E-state index is -0.520. The Balaban J connectivity index is 2.39. The third-order valence-electron chi connectivity index (χ3n) is 2.80. The molecule has 0 atom stereocenters. The lowest BCUT2D eigenvalue weighted by atomic mass is 10.2. The fourth-order valence-corrected chi connectivity index (χ4v) is 2.09. The molecule has 1 N–H and O–H groups in total. The third-order valence-corrected chi connectivity index (χ3v) is 3.07. The maximum atomic E-state index is 13.9. The number of aryl methyl sites for hydroxylation is 1. The summed E-state index contributed by atoms with van der Waals surface area (Å²) in [6.07, 6.45) is 0. The molecule has 1 aromatic carbocycles. The molecule has 0 spiro atoms. The van der Waals surface area contributed by atoms with Gasteiger partial charge in [-0.15, -0.1) is 0 Å². The number of benzene rings is 1. The first kappa shape index (κ1) is 11.9. The minimum absolute atomic E-state index is 0.117. The maximum absolute atomic E-state index is 13.9. The molecule has 0 aliphatic heterocycles. The molecule has 0 aliphatic carbocycles. The lowest BCUT2D eigenvalue weighted by Gasteiger charge is -2.08. The smallest absolute Gasteiger partial charge is 0.273 e. The van der Waals surface area contributed by atoms with E-state index in [1.165, 1.54) is 12.1 Å². The summed E-state index contributed by atoms with van der Waals surface area (Å²) in [7, 11) is 0. The fraction of sp³-hybridized carbons (Fsp3) is 0.0833. The van der Waals surface area contributed by atoms with Crippen LogP contribution in [0.5, 0.6) is 0 Å². The van der Waals surface area contributed by atoms with Gasteiger partial charge >= 0.3 is 0 Å². The minimum Gasteiger partial charge on any atom is -0.274 e. The van der Waals surface area contributed by atoms with Crippen LogP contribution in [0.3, 0.4) is 0 Å². The number of fused-ring (bicyclic) bond motifs is 1. The molecule has 0 radical (unpaired) electrons. The predicted octanol–water partition coefficient (Wildman–Crippen LogP) is 2.21. The average Bonchev–Trinajstić information content (AvgIpc) is 2.70. The SMILES string of the molecule is Cc1cccc(F)c1-n1nc2c(Cl)n[nH]c2cc1=O. The van der Waals surface area contributed by atoms with Gasteiger partial charge in [0.2, 0.25) is 0 Å². The number of para-hydroxylation sites is 1. The summed E-state index contributed by atoms with van der Waals surface area (Å²) in [6.45, 7) is 1.70. The largest absolute Gasteiger partial charge is 0.274 e. The zero-order chi connectivity index (χ0) is 13.6. The van der Waals surface area contributed by atoms with Gasteiger partial charge in [-0.2, -0.15) is 14.9 Å². The van der Waals surface area contributed by atoms with Crippen LogP contribution in [0.25, 0.3) is 16.7 Å². The highest BCUT2D eigenvalue weighted by Gasteiger charge is 2.14. The Morgan fingerprint density at radius 3 is 2.95 bits per heavy atom. The number of hydrogen-bond donors (Lipinski definition) is 1. The Morgan fingerprint density at radius 2 is 2.21 bits per heavy atom. The van der Waals surface area contributed by atoms with Crippen molar-refractivity contribution in [2.45, 2.75) is 6.92 Å². The summed E-state index contributed by atoms with van der Waals surface area (Å²) in [5.74, 6) is -0.520. The number of aromatic amines is 1. The molecule has 0 bridgehead atoms. The first-order valence-corrected chi connectivity index (χ1v) is 5.85. The highest BCUT2D eigenvalue weighted by molar-refractivity contribution is 6.33. The monoisotopic (exact) mass is 278 g/mol. The number of rotatable bonds is 1. The van der Waals surface area contributed by atoms with Crippen LogP contribution in [0.4, 0.5) is 4.39 Å². The van der Waals surface area contributed by atoms with Crippen LogP contribution < -0.4 is 5.56 Å². The molecule has 0 saturated heterocycles. The van der Waals surface area contributed by atoms with Crippen molar-refractivity contribution in [1.82, 2.24) is 20.0 Å². The molecule has 0 amide bonds. The van der Waals surface area contributed by atoms with Gasteiger partial charge in [0.15, 0.2) is 5.15 Å². The number of halogens is 2. The van der Waals surface area contributed by atoms with Crippen molar-refractivity contribution in [1.29, 1.82) is 0 Å². The molecule has 0 aliphatic rings. The lowest BCUT2D eigenvalue weighted by Crippen LogP contribution is -2.22. The molecular formula is C12H8ClFN4O. The molecule has 0 saturated carbocycles. The summed E-state index contributed by atoms with van der Waals surface area (Å²) in [6, 6.07) is 5.83. The van der Waals surface area contributed by atoms with Crippen molar-refractivity contribution >= 4 is 22.6 Å². The van der Waals surface area contributed by atoms with Gasteiger partial charge in [-0.25, -0.2) is 4.39 Å². The third kappa shape index (κ3) is 1.80. The lowest BCUT2D eigenvalue weighted by molar-refractivity contribution is 0.605. The molecular weight excluding hydrogens is 271 g/mol. The van der Waals surface area contributed by atoms with E-state index in [4.69, 9.17) is 11.6 Å². The molecule has 3 aromatic rings. The van der Waals surface area contributed by atoms with E-state index in [0.29, 0.717) is 16.6 Å². The van der Waals surface area contributed by atoms with Crippen LogP contribution in [-0.4, -0.2) is 20.0 Å². The molecule has 5 nitrogen and oxygen atoms in total. The molecule has 2 aromatic heterocycles. The first-order valence-electron chi connectivity index (χ1n) is 5.47. The average molecular weight is 279 g/mol. The van der Waals surface area contributed by atoms with Crippen LogP contribution in [-0.2, 0) is 0 Å². The molecule has 0 fully saturated rings. The van der Waals surface area contributed by atoms with Crippen molar-refractivity contribution in [3.05, 3.63) is 51.2 Å². The van der Waals surface area contributed by atoms with Crippen molar-refractivity contribution in [2.24, 2.45) is 0 Å². The number of H-pyrrole nitrogens is 1. The zero-order valence-electron chi connectivity index (χ0n) is 9.82. The van der Waals surface area contributed by atoms with Gasteiger partial charge in [0.25, 0.3) is 5.56 Å². The van der Waals surface area contributed by atoms with Gasteiger partial charge in [-0.1, -0.05) is 23.7 Å². The summed E-state index contributed by atoms with van der Waals surface area (Å²) < 4.78 is 14.9. The van der Waals surface area contributed by atoms with Gasteiger partial charge in [0.05, 0.1) is 5.52 Å². The maximum Gasteiger partial charge on any atom is 0.273 e. The second-order valence-corrected chi connectivity index (χ2v) is 4.43. The van der Waals surface area contributed by atoms with E-state index in [1.807, 2.05) is 0 Å². The zero-order valence-corrected chi connectivity index (χ0v) is 10.6. The van der Waals surface area contributed by atoms with Crippen molar-refractivity contribution in [2.75, 3.05) is 0 Å². The topological polar surface area (TPSA) is 63.6 Å². The van der Waals surface area contributed by atoms with Crippen LogP contribution in [0.1, 0.15) is 5.56 Å².